The van der Waals surface area contributed by atoms with Gasteiger partial charge in [-0.25, -0.2) is 0 Å². The Morgan fingerprint density at radius 3 is 2.30 bits per heavy atom. The van der Waals surface area contributed by atoms with E-state index >= 15 is 0 Å². The van der Waals surface area contributed by atoms with Crippen LogP contribution in [0, 0.1) is 0 Å². The average Bonchev–Trinajstić information content (AvgIpc) is 3.18. The van der Waals surface area contributed by atoms with Gasteiger partial charge in [-0.15, -0.1) is 0 Å². The monoisotopic (exact) mass is 534 g/mol. The molecule has 0 saturated carbocycles. The van der Waals surface area contributed by atoms with Crippen LogP contribution in [-0.4, -0.2) is 45.3 Å². The number of halogens is 4. The van der Waals surface area contributed by atoms with Gasteiger partial charge in [0.25, 0.3) is 0 Å². The van der Waals surface area contributed by atoms with Crippen molar-refractivity contribution >= 4 is 11.6 Å². The summed E-state index contributed by atoms with van der Waals surface area (Å²) in [6.07, 6.45) is -3.64. The van der Waals surface area contributed by atoms with Gasteiger partial charge in [0.05, 0.1) is 25.8 Å². The van der Waals surface area contributed by atoms with Crippen LogP contribution in [0.4, 0.5) is 13.2 Å². The van der Waals surface area contributed by atoms with E-state index in [1.807, 2.05) is 30.3 Å². The quantitative estimate of drug-likeness (QED) is 0.365. The second-order valence-corrected chi connectivity index (χ2v) is 9.21. The van der Waals surface area contributed by atoms with E-state index < -0.39 is 17.8 Å². The summed E-state index contributed by atoms with van der Waals surface area (Å²) in [5.41, 5.74) is 1.30. The Balaban J connectivity index is 1.80. The van der Waals surface area contributed by atoms with E-state index in [1.54, 1.807) is 12.1 Å². The lowest BCUT2D eigenvalue weighted by molar-refractivity contribution is -0.137. The molecule has 0 radical (unpaired) electrons. The lowest BCUT2D eigenvalue weighted by atomic mass is 9.94. The third kappa shape index (κ3) is 6.50. The van der Waals surface area contributed by atoms with E-state index in [1.165, 1.54) is 20.3 Å². The first-order valence-electron chi connectivity index (χ1n) is 12.1. The summed E-state index contributed by atoms with van der Waals surface area (Å²) in [6.45, 7) is 3.15. The Hall–Kier alpha value is -2.94. The predicted molar refractivity (Wildman–Crippen MR) is 138 cm³/mol. The molecule has 4 rings (SSSR count). The van der Waals surface area contributed by atoms with Gasteiger partial charge in [-0.3, -0.25) is 4.90 Å². The van der Waals surface area contributed by atoms with E-state index in [-0.39, 0.29) is 5.02 Å². The van der Waals surface area contributed by atoms with Crippen LogP contribution in [0.15, 0.2) is 60.7 Å². The zero-order valence-corrected chi connectivity index (χ0v) is 21.5. The number of nitrogens with one attached hydrogen (secondary N) is 1. The number of methoxy groups -OCH3 is 2. The van der Waals surface area contributed by atoms with E-state index in [2.05, 4.69) is 10.2 Å². The molecule has 1 N–H and O–H groups in total. The van der Waals surface area contributed by atoms with Gasteiger partial charge < -0.3 is 19.5 Å². The van der Waals surface area contributed by atoms with Crippen molar-refractivity contribution in [2.24, 2.45) is 0 Å². The van der Waals surface area contributed by atoms with Crippen LogP contribution in [0.5, 0.6) is 17.2 Å². The largest absolute Gasteiger partial charge is 0.493 e. The van der Waals surface area contributed by atoms with Crippen molar-refractivity contribution in [3.05, 3.63) is 87.9 Å². The molecule has 0 aromatic heterocycles. The number of ether oxygens (including phenoxy) is 3. The fourth-order valence-electron chi connectivity index (χ4n) is 4.57. The number of alkyl halides is 3. The standard InChI is InChI=1S/C28H30ClF3N2O3/c1-35-24-15-20(16-25(36-2)27(24)37-18-19-7-4-3-5-8-19)26(34-13-6-11-33-12-14-34)22-17-21(28(30,31)32)9-10-23(22)29/h3-5,7-10,15-17,26,33H,6,11-14,18H2,1-2H3. The molecule has 0 amide bonds. The smallest absolute Gasteiger partial charge is 0.416 e. The van der Waals surface area contributed by atoms with Crippen LogP contribution >= 0.6 is 11.6 Å². The first-order valence-corrected chi connectivity index (χ1v) is 12.4. The summed E-state index contributed by atoms with van der Waals surface area (Å²) in [6, 6.07) is 16.2. The maximum absolute atomic E-state index is 13.7. The molecule has 1 heterocycles. The summed E-state index contributed by atoms with van der Waals surface area (Å²) in [5.74, 6) is 1.27. The van der Waals surface area contributed by atoms with Crippen LogP contribution in [0.1, 0.15) is 34.7 Å². The van der Waals surface area contributed by atoms with Crippen molar-refractivity contribution in [3.8, 4) is 17.2 Å². The van der Waals surface area contributed by atoms with Gasteiger partial charge in [-0.2, -0.15) is 13.2 Å². The lowest BCUT2D eigenvalue weighted by Gasteiger charge is -2.33. The number of benzene rings is 3. The van der Waals surface area contributed by atoms with Gasteiger partial charge in [0, 0.05) is 24.7 Å². The SMILES string of the molecule is COc1cc(C(c2cc(C(F)(F)F)ccc2Cl)N2CCCNCC2)cc(OC)c1OCc1ccccc1. The van der Waals surface area contributed by atoms with Crippen molar-refractivity contribution < 1.29 is 27.4 Å². The Bertz CT molecular complexity index is 1160. The fraction of sp³-hybridized carbons (Fsp3) is 0.357. The molecule has 3 aromatic carbocycles. The summed E-state index contributed by atoms with van der Waals surface area (Å²) in [4.78, 5) is 2.14. The summed E-state index contributed by atoms with van der Waals surface area (Å²) >= 11 is 6.55. The molecule has 1 aliphatic rings. The van der Waals surface area contributed by atoms with Gasteiger partial charge in [0.1, 0.15) is 6.61 Å². The molecular weight excluding hydrogens is 505 g/mol. The zero-order valence-electron chi connectivity index (χ0n) is 20.8. The lowest BCUT2D eigenvalue weighted by Crippen LogP contribution is -2.33. The van der Waals surface area contributed by atoms with E-state index in [0.29, 0.717) is 54.6 Å². The first-order chi connectivity index (χ1) is 17.8. The van der Waals surface area contributed by atoms with Gasteiger partial charge in [0.15, 0.2) is 11.5 Å². The molecule has 0 bridgehead atoms. The van der Waals surface area contributed by atoms with Gasteiger partial charge in [0.2, 0.25) is 5.75 Å². The molecule has 0 aliphatic carbocycles. The highest BCUT2D eigenvalue weighted by Gasteiger charge is 2.34. The van der Waals surface area contributed by atoms with Crippen LogP contribution in [0.25, 0.3) is 0 Å². The first kappa shape index (κ1) is 27.1. The van der Waals surface area contributed by atoms with Crippen molar-refractivity contribution in [3.63, 3.8) is 0 Å². The van der Waals surface area contributed by atoms with E-state index in [9.17, 15) is 13.2 Å². The van der Waals surface area contributed by atoms with Gasteiger partial charge >= 0.3 is 6.18 Å². The van der Waals surface area contributed by atoms with E-state index in [0.717, 1.165) is 30.7 Å². The Labute approximate surface area is 220 Å². The minimum atomic E-state index is -4.49. The van der Waals surface area contributed by atoms with Crippen molar-refractivity contribution in [1.29, 1.82) is 0 Å². The molecule has 1 unspecified atom stereocenters. The van der Waals surface area contributed by atoms with Crippen LogP contribution in [0.2, 0.25) is 5.02 Å². The van der Waals surface area contributed by atoms with E-state index in [4.69, 9.17) is 25.8 Å². The Morgan fingerprint density at radius 1 is 0.946 bits per heavy atom. The number of rotatable bonds is 8. The maximum Gasteiger partial charge on any atom is 0.416 e. The molecular formula is C28H30ClF3N2O3. The molecule has 5 nitrogen and oxygen atoms in total. The highest BCUT2D eigenvalue weighted by Crippen LogP contribution is 2.45. The highest BCUT2D eigenvalue weighted by atomic mass is 35.5. The van der Waals surface area contributed by atoms with Crippen molar-refractivity contribution in [1.82, 2.24) is 10.2 Å². The normalized spacial score (nSPS) is 15.6. The molecule has 1 saturated heterocycles. The molecule has 198 valence electrons. The second-order valence-electron chi connectivity index (χ2n) is 8.80. The minimum Gasteiger partial charge on any atom is -0.493 e. The molecule has 37 heavy (non-hydrogen) atoms. The third-order valence-electron chi connectivity index (χ3n) is 6.38. The predicted octanol–water partition coefficient (Wildman–Crippen LogP) is 6.34. The second kappa shape index (κ2) is 12.1. The fourth-order valence-corrected chi connectivity index (χ4v) is 4.79. The molecule has 1 fully saturated rings. The minimum absolute atomic E-state index is 0.262. The molecule has 1 atom stereocenters. The Morgan fingerprint density at radius 2 is 1.65 bits per heavy atom. The van der Waals surface area contributed by atoms with Gasteiger partial charge in [-0.1, -0.05) is 41.9 Å². The topological polar surface area (TPSA) is 43.0 Å². The zero-order chi connectivity index (χ0) is 26.4. The summed E-state index contributed by atoms with van der Waals surface area (Å²) in [7, 11) is 3.05. The summed E-state index contributed by atoms with van der Waals surface area (Å²) in [5, 5.41) is 3.61. The molecule has 3 aromatic rings. The highest BCUT2D eigenvalue weighted by molar-refractivity contribution is 6.31. The Kier molecular flexibility index (Phi) is 8.84. The number of hydrogen-bond acceptors (Lipinski definition) is 5. The van der Waals surface area contributed by atoms with Crippen molar-refractivity contribution in [2.45, 2.75) is 25.2 Å². The third-order valence-corrected chi connectivity index (χ3v) is 6.73. The van der Waals surface area contributed by atoms with Crippen molar-refractivity contribution in [2.75, 3.05) is 40.4 Å². The molecule has 9 heteroatoms. The maximum atomic E-state index is 13.7. The number of nitrogens with zero attached hydrogens (tertiary/aromatic N) is 1. The van der Waals surface area contributed by atoms with Crippen LogP contribution in [0.3, 0.4) is 0 Å². The van der Waals surface area contributed by atoms with Gasteiger partial charge in [-0.05, 0) is 60.0 Å². The van der Waals surface area contributed by atoms with Crippen LogP contribution < -0.4 is 19.5 Å². The molecule has 0 spiro atoms. The number of hydrogen-bond donors (Lipinski definition) is 1. The average molecular weight is 535 g/mol. The summed E-state index contributed by atoms with van der Waals surface area (Å²) < 4.78 is 58.4. The van der Waals surface area contributed by atoms with Crippen LogP contribution in [-0.2, 0) is 12.8 Å². The molecule has 1 aliphatic heterocycles.